The molecule has 26 heavy (non-hydrogen) atoms. The Hall–Kier alpha value is -3.18. The average Bonchev–Trinajstić information content (AvgIpc) is 3.02. The fourth-order valence-corrected chi connectivity index (χ4v) is 2.97. The highest BCUT2D eigenvalue weighted by atomic mass is 16.5. The fourth-order valence-electron chi connectivity index (χ4n) is 2.97. The first-order valence-electron chi connectivity index (χ1n) is 8.34. The quantitative estimate of drug-likeness (QED) is 0.765. The first kappa shape index (κ1) is 16.3. The summed E-state index contributed by atoms with van der Waals surface area (Å²) in [5, 5.41) is 9.32. The minimum atomic E-state index is -0.281. The molecule has 1 aliphatic heterocycles. The van der Waals surface area contributed by atoms with E-state index in [0.717, 1.165) is 22.6 Å². The molecule has 0 saturated heterocycles. The van der Waals surface area contributed by atoms with E-state index >= 15 is 0 Å². The molecule has 5 nitrogen and oxygen atoms in total. The van der Waals surface area contributed by atoms with Crippen molar-refractivity contribution in [3.8, 4) is 11.5 Å². The van der Waals surface area contributed by atoms with Crippen LogP contribution in [0.1, 0.15) is 28.6 Å². The number of hydrogen-bond acceptors (Lipinski definition) is 5. The highest BCUT2D eigenvalue weighted by molar-refractivity contribution is 5.52. The molecule has 3 aromatic rings. The Balaban J connectivity index is 1.61. The van der Waals surface area contributed by atoms with Crippen LogP contribution in [0, 0.1) is 0 Å². The van der Waals surface area contributed by atoms with Crippen molar-refractivity contribution in [2.24, 2.45) is 0 Å². The van der Waals surface area contributed by atoms with Crippen LogP contribution in [0.2, 0.25) is 0 Å². The summed E-state index contributed by atoms with van der Waals surface area (Å²) in [6.07, 6.45) is 1.63. The van der Waals surface area contributed by atoms with Gasteiger partial charge >= 0.3 is 0 Å². The van der Waals surface area contributed by atoms with E-state index < -0.39 is 0 Å². The number of fused-ring (bicyclic) bond motifs is 1. The number of aliphatic hydroxyl groups is 1. The van der Waals surface area contributed by atoms with Gasteiger partial charge in [0.1, 0.15) is 35.6 Å². The standard InChI is InChI=1S/C21H18N2O3/c1-14-20(21-22-10-9-16(12-24)23-21)18-11-17(7-8-19(18)26-14)25-13-15-5-3-2-4-6-15/h2-11,20,24H,1,12-13H2. The van der Waals surface area contributed by atoms with Crippen molar-refractivity contribution >= 4 is 0 Å². The third-order valence-electron chi connectivity index (χ3n) is 4.26. The van der Waals surface area contributed by atoms with E-state index in [-0.39, 0.29) is 12.5 Å². The van der Waals surface area contributed by atoms with Crippen LogP contribution in [0.5, 0.6) is 11.5 Å². The van der Waals surface area contributed by atoms with Gasteiger partial charge in [0.2, 0.25) is 0 Å². The van der Waals surface area contributed by atoms with Crippen molar-refractivity contribution in [1.82, 2.24) is 9.97 Å². The van der Waals surface area contributed by atoms with Crippen LogP contribution in [-0.2, 0) is 13.2 Å². The molecule has 0 saturated carbocycles. The maximum Gasteiger partial charge on any atom is 0.143 e. The van der Waals surface area contributed by atoms with Crippen molar-refractivity contribution in [1.29, 1.82) is 0 Å². The summed E-state index contributed by atoms with van der Waals surface area (Å²) < 4.78 is 11.7. The topological polar surface area (TPSA) is 64.5 Å². The predicted octanol–water partition coefficient (Wildman–Crippen LogP) is 3.59. The molecule has 0 aliphatic carbocycles. The lowest BCUT2D eigenvalue weighted by Gasteiger charge is -2.11. The van der Waals surface area contributed by atoms with Crippen molar-refractivity contribution in [2.75, 3.05) is 0 Å². The second-order valence-corrected chi connectivity index (χ2v) is 6.04. The molecule has 0 radical (unpaired) electrons. The Morgan fingerprint density at radius 1 is 1.12 bits per heavy atom. The summed E-state index contributed by atoms with van der Waals surface area (Å²) in [5.41, 5.74) is 2.58. The fraction of sp³-hybridized carbons (Fsp3) is 0.143. The molecular weight excluding hydrogens is 328 g/mol. The van der Waals surface area contributed by atoms with Gasteiger partial charge in [0.25, 0.3) is 0 Å². The predicted molar refractivity (Wildman–Crippen MR) is 96.8 cm³/mol. The van der Waals surface area contributed by atoms with Gasteiger partial charge < -0.3 is 14.6 Å². The van der Waals surface area contributed by atoms with Gasteiger partial charge in [-0.05, 0) is 29.8 Å². The molecule has 0 fully saturated rings. The molecule has 0 spiro atoms. The number of aliphatic hydroxyl groups excluding tert-OH is 1. The lowest BCUT2D eigenvalue weighted by molar-refractivity contribution is 0.276. The molecule has 1 unspecified atom stereocenters. The lowest BCUT2D eigenvalue weighted by Crippen LogP contribution is -2.07. The van der Waals surface area contributed by atoms with E-state index in [2.05, 4.69) is 16.5 Å². The number of ether oxygens (including phenoxy) is 2. The van der Waals surface area contributed by atoms with Crippen LogP contribution in [0.4, 0.5) is 0 Å². The Bertz CT molecular complexity index is 941. The molecule has 130 valence electrons. The molecule has 0 amide bonds. The number of hydrogen-bond donors (Lipinski definition) is 1. The summed E-state index contributed by atoms with van der Waals surface area (Å²) in [4.78, 5) is 8.74. The van der Waals surface area contributed by atoms with Crippen LogP contribution in [-0.4, -0.2) is 15.1 Å². The molecule has 1 atom stereocenters. The first-order valence-corrected chi connectivity index (χ1v) is 8.34. The molecule has 2 aromatic carbocycles. The second kappa shape index (κ2) is 6.98. The molecule has 1 aliphatic rings. The van der Waals surface area contributed by atoms with Gasteiger partial charge in [-0.15, -0.1) is 0 Å². The Morgan fingerprint density at radius 3 is 2.77 bits per heavy atom. The molecule has 0 bridgehead atoms. The third-order valence-corrected chi connectivity index (χ3v) is 4.26. The molecule has 5 heteroatoms. The van der Waals surface area contributed by atoms with Crippen molar-refractivity contribution in [2.45, 2.75) is 19.1 Å². The number of aromatic nitrogens is 2. The zero-order valence-electron chi connectivity index (χ0n) is 14.1. The highest BCUT2D eigenvalue weighted by Crippen LogP contribution is 2.44. The van der Waals surface area contributed by atoms with Gasteiger partial charge in [-0.25, -0.2) is 9.97 Å². The molecule has 1 N–H and O–H groups in total. The zero-order chi connectivity index (χ0) is 17.9. The summed E-state index contributed by atoms with van der Waals surface area (Å²) >= 11 is 0. The van der Waals surface area contributed by atoms with E-state index in [0.29, 0.717) is 23.9 Å². The van der Waals surface area contributed by atoms with E-state index in [1.54, 1.807) is 12.3 Å². The van der Waals surface area contributed by atoms with Crippen molar-refractivity contribution in [3.63, 3.8) is 0 Å². The van der Waals surface area contributed by atoms with E-state index in [1.807, 2.05) is 48.5 Å². The largest absolute Gasteiger partial charge is 0.489 e. The third kappa shape index (κ3) is 3.17. The van der Waals surface area contributed by atoms with Gasteiger partial charge in [-0.1, -0.05) is 36.9 Å². The second-order valence-electron chi connectivity index (χ2n) is 6.04. The molecule has 2 heterocycles. The summed E-state index contributed by atoms with van der Waals surface area (Å²) in [6, 6.07) is 17.4. The molecular formula is C21H18N2O3. The van der Waals surface area contributed by atoms with Crippen molar-refractivity contribution < 1.29 is 14.6 Å². The smallest absolute Gasteiger partial charge is 0.143 e. The van der Waals surface area contributed by atoms with Crippen LogP contribution in [0.15, 0.2) is 73.1 Å². The van der Waals surface area contributed by atoms with E-state index in [4.69, 9.17) is 9.47 Å². The van der Waals surface area contributed by atoms with Crippen LogP contribution >= 0.6 is 0 Å². The van der Waals surface area contributed by atoms with Crippen LogP contribution in [0.3, 0.4) is 0 Å². The number of rotatable bonds is 5. The maximum absolute atomic E-state index is 9.32. The van der Waals surface area contributed by atoms with Gasteiger partial charge in [0.05, 0.1) is 12.3 Å². The normalized spacial score (nSPS) is 15.4. The maximum atomic E-state index is 9.32. The first-order chi connectivity index (χ1) is 12.7. The number of benzene rings is 2. The van der Waals surface area contributed by atoms with E-state index in [9.17, 15) is 5.11 Å². The monoisotopic (exact) mass is 346 g/mol. The lowest BCUT2D eigenvalue weighted by atomic mass is 9.98. The number of allylic oxidation sites excluding steroid dienone is 1. The average molecular weight is 346 g/mol. The van der Waals surface area contributed by atoms with Gasteiger partial charge in [-0.2, -0.15) is 0 Å². The van der Waals surface area contributed by atoms with Gasteiger partial charge in [0, 0.05) is 11.8 Å². The minimum Gasteiger partial charge on any atom is -0.489 e. The van der Waals surface area contributed by atoms with E-state index in [1.165, 1.54) is 0 Å². The Kier molecular flexibility index (Phi) is 4.37. The minimum absolute atomic E-state index is 0.136. The summed E-state index contributed by atoms with van der Waals surface area (Å²) in [7, 11) is 0. The highest BCUT2D eigenvalue weighted by Gasteiger charge is 2.32. The van der Waals surface area contributed by atoms with Crippen LogP contribution < -0.4 is 9.47 Å². The van der Waals surface area contributed by atoms with Gasteiger partial charge in [-0.3, -0.25) is 0 Å². The molecule has 4 rings (SSSR count). The Labute approximate surface area is 151 Å². The summed E-state index contributed by atoms with van der Waals surface area (Å²) in [5.74, 6) is 2.31. The SMILES string of the molecule is C=C1Oc2ccc(OCc3ccccc3)cc2C1c1nccc(CO)n1. The van der Waals surface area contributed by atoms with Crippen LogP contribution in [0.25, 0.3) is 0 Å². The van der Waals surface area contributed by atoms with Crippen molar-refractivity contribution in [3.05, 3.63) is 95.8 Å². The zero-order valence-corrected chi connectivity index (χ0v) is 14.1. The Morgan fingerprint density at radius 2 is 1.96 bits per heavy atom. The van der Waals surface area contributed by atoms with Gasteiger partial charge in [0.15, 0.2) is 0 Å². The summed E-state index contributed by atoms with van der Waals surface area (Å²) in [6.45, 7) is 4.35. The molecule has 1 aromatic heterocycles. The number of nitrogens with zero attached hydrogens (tertiary/aromatic N) is 2.